The molecule has 0 spiro atoms. The number of anilines is 1. The molecular formula is C26H24N6O8S3. The Bertz CT molecular complexity index is 1670. The molecule has 224 valence electrons. The van der Waals surface area contributed by atoms with Crippen LogP contribution in [0.2, 0.25) is 0 Å². The van der Waals surface area contributed by atoms with Gasteiger partial charge in [0.2, 0.25) is 11.5 Å². The molecule has 2 atom stereocenters. The Morgan fingerprint density at radius 1 is 1.12 bits per heavy atom. The number of esters is 1. The molecule has 1 saturated heterocycles. The SMILES string of the molecule is CO/N=C(/C(=O)NC1C(=O)N2C(C(=O)OC(c3ccccc3)c3ccccc3)=C(OS(C)(=O)=O)CSC12)c1nsc(N)n1. The van der Waals surface area contributed by atoms with E-state index in [1.165, 1.54) is 7.11 Å². The second kappa shape index (κ2) is 12.4. The van der Waals surface area contributed by atoms with E-state index in [0.717, 1.165) is 34.5 Å². The third-order valence-corrected chi connectivity index (χ3v) is 8.45. The van der Waals surface area contributed by atoms with Crippen LogP contribution in [0.1, 0.15) is 23.1 Å². The van der Waals surface area contributed by atoms with E-state index in [1.807, 2.05) is 12.1 Å². The van der Waals surface area contributed by atoms with Gasteiger partial charge in [0.25, 0.3) is 11.8 Å². The lowest BCUT2D eigenvalue weighted by Gasteiger charge is -2.49. The molecule has 0 bridgehead atoms. The van der Waals surface area contributed by atoms with E-state index in [4.69, 9.17) is 19.5 Å². The van der Waals surface area contributed by atoms with Crippen molar-refractivity contribution in [1.29, 1.82) is 0 Å². The molecule has 2 unspecified atom stereocenters. The minimum atomic E-state index is -4.08. The van der Waals surface area contributed by atoms with Gasteiger partial charge in [-0.2, -0.15) is 17.8 Å². The first-order valence-electron chi connectivity index (χ1n) is 12.5. The molecule has 5 rings (SSSR count). The molecule has 2 aliphatic rings. The van der Waals surface area contributed by atoms with Gasteiger partial charge in [0, 0.05) is 11.5 Å². The Labute approximate surface area is 254 Å². The smallest absolute Gasteiger partial charge is 0.359 e. The molecule has 2 aliphatic heterocycles. The number of carbonyl (C=O) groups is 3. The van der Waals surface area contributed by atoms with Gasteiger partial charge in [0.05, 0.1) is 12.0 Å². The molecule has 43 heavy (non-hydrogen) atoms. The van der Waals surface area contributed by atoms with Gasteiger partial charge in [-0.3, -0.25) is 14.5 Å². The highest BCUT2D eigenvalue weighted by molar-refractivity contribution is 8.00. The van der Waals surface area contributed by atoms with Crippen LogP contribution in [-0.4, -0.2) is 76.7 Å². The van der Waals surface area contributed by atoms with Crippen LogP contribution in [0, 0.1) is 0 Å². The number of benzene rings is 2. The van der Waals surface area contributed by atoms with E-state index >= 15 is 0 Å². The number of β-lactam (4-membered cyclic amide) rings is 1. The van der Waals surface area contributed by atoms with Crippen LogP contribution >= 0.6 is 23.3 Å². The van der Waals surface area contributed by atoms with Crippen molar-refractivity contribution >= 4 is 62.0 Å². The van der Waals surface area contributed by atoms with Crippen LogP contribution in [0.15, 0.2) is 77.3 Å². The molecule has 0 aliphatic carbocycles. The van der Waals surface area contributed by atoms with E-state index in [1.54, 1.807) is 48.5 Å². The highest BCUT2D eigenvalue weighted by atomic mass is 32.2. The molecular weight excluding hydrogens is 621 g/mol. The van der Waals surface area contributed by atoms with Crippen LogP contribution in [0.25, 0.3) is 0 Å². The maximum absolute atomic E-state index is 13.8. The Morgan fingerprint density at radius 2 is 1.74 bits per heavy atom. The highest BCUT2D eigenvalue weighted by Gasteiger charge is 2.56. The Kier molecular flexibility index (Phi) is 8.65. The first-order chi connectivity index (χ1) is 20.6. The predicted molar refractivity (Wildman–Crippen MR) is 157 cm³/mol. The number of hydrogen-bond acceptors (Lipinski definition) is 14. The largest absolute Gasteiger partial charge is 0.448 e. The van der Waals surface area contributed by atoms with Crippen molar-refractivity contribution < 1.29 is 36.6 Å². The van der Waals surface area contributed by atoms with Crippen LogP contribution in [0.5, 0.6) is 0 Å². The van der Waals surface area contributed by atoms with Gasteiger partial charge in [0.15, 0.2) is 22.7 Å². The molecule has 1 fully saturated rings. The number of nitrogens with zero attached hydrogens (tertiary/aromatic N) is 4. The van der Waals surface area contributed by atoms with Crippen molar-refractivity contribution in [2.45, 2.75) is 17.5 Å². The average Bonchev–Trinajstić information content (AvgIpc) is 3.42. The lowest BCUT2D eigenvalue weighted by atomic mass is 10.0. The summed E-state index contributed by atoms with van der Waals surface area (Å²) in [5.74, 6) is -2.98. The Morgan fingerprint density at radius 3 is 2.28 bits per heavy atom. The van der Waals surface area contributed by atoms with Crippen LogP contribution < -0.4 is 11.1 Å². The van der Waals surface area contributed by atoms with Crippen molar-refractivity contribution in [3.05, 3.63) is 89.1 Å². The van der Waals surface area contributed by atoms with E-state index in [2.05, 4.69) is 19.8 Å². The highest BCUT2D eigenvalue weighted by Crippen LogP contribution is 2.42. The van der Waals surface area contributed by atoms with Gasteiger partial charge in [-0.1, -0.05) is 65.8 Å². The van der Waals surface area contributed by atoms with Crippen molar-refractivity contribution in [2.75, 3.05) is 24.9 Å². The molecule has 3 aromatic rings. The predicted octanol–water partition coefficient (Wildman–Crippen LogP) is 1.39. The van der Waals surface area contributed by atoms with Crippen LogP contribution in [0.3, 0.4) is 0 Å². The lowest BCUT2D eigenvalue weighted by molar-refractivity contribution is -0.154. The van der Waals surface area contributed by atoms with E-state index in [0.29, 0.717) is 11.1 Å². The number of amides is 2. The standard InChI is InChI=1S/C26H24N6O8S3/c1-38-30-17(21-29-26(27)42-31-21)22(33)28-18-23(34)32-19(16(13-41-24(18)32)40-43(2,36)37)25(35)39-20(14-9-5-3-6-10-14)15-11-7-4-8-12-15/h3-12,18,20,24H,13H2,1-2H3,(H,28,33)(H2,27,29,31)/b30-17+. The third-order valence-electron chi connectivity index (χ3n) is 6.15. The second-order valence-corrected chi connectivity index (χ2v) is 12.6. The molecule has 2 aromatic carbocycles. The number of fused-ring (bicyclic) bond motifs is 1. The van der Waals surface area contributed by atoms with Crippen molar-refractivity contribution in [1.82, 2.24) is 19.6 Å². The Balaban J connectivity index is 1.44. The zero-order chi connectivity index (χ0) is 30.7. The molecule has 1 aromatic heterocycles. The summed E-state index contributed by atoms with van der Waals surface area (Å²) in [5.41, 5.74) is 6.23. The number of carbonyl (C=O) groups excluding carboxylic acids is 3. The summed E-state index contributed by atoms with van der Waals surface area (Å²) < 4.78 is 39.2. The van der Waals surface area contributed by atoms with Crippen molar-refractivity contribution in [3.63, 3.8) is 0 Å². The summed E-state index contributed by atoms with van der Waals surface area (Å²) in [5, 5.41) is 5.52. The van der Waals surface area contributed by atoms with Gasteiger partial charge in [-0.25, -0.2) is 4.79 Å². The second-order valence-electron chi connectivity index (χ2n) is 9.11. The van der Waals surface area contributed by atoms with Crippen molar-refractivity contribution in [2.24, 2.45) is 5.16 Å². The van der Waals surface area contributed by atoms with Crippen LogP contribution in [-0.2, 0) is 38.3 Å². The summed E-state index contributed by atoms with van der Waals surface area (Å²) in [6.07, 6.45) is -0.0551. The quantitative estimate of drug-likeness (QED) is 0.106. The first-order valence-corrected chi connectivity index (χ1v) is 16.1. The molecule has 0 saturated carbocycles. The molecule has 17 heteroatoms. The number of hydrogen-bond donors (Lipinski definition) is 2. The van der Waals surface area contributed by atoms with E-state index in [-0.39, 0.29) is 33.9 Å². The zero-order valence-electron chi connectivity index (χ0n) is 22.6. The van der Waals surface area contributed by atoms with E-state index < -0.39 is 45.4 Å². The van der Waals surface area contributed by atoms with Gasteiger partial charge >= 0.3 is 16.1 Å². The lowest BCUT2D eigenvalue weighted by Crippen LogP contribution is -2.71. The summed E-state index contributed by atoms with van der Waals surface area (Å²) >= 11 is 1.93. The number of rotatable bonds is 10. The molecule has 2 amide bonds. The van der Waals surface area contributed by atoms with Gasteiger partial charge in [-0.05, 0) is 11.1 Å². The normalized spacial score (nSPS) is 18.5. The molecule has 0 radical (unpaired) electrons. The topological polar surface area (TPSA) is 192 Å². The fourth-order valence-electron chi connectivity index (χ4n) is 4.39. The molecule has 3 N–H and O–H groups in total. The minimum absolute atomic E-state index is 0.0938. The minimum Gasteiger partial charge on any atom is -0.448 e. The number of ether oxygens (including phenoxy) is 1. The molecule has 3 heterocycles. The number of nitrogen functional groups attached to an aromatic ring is 1. The summed E-state index contributed by atoms with van der Waals surface area (Å²) in [6, 6.07) is 16.7. The number of nitrogens with two attached hydrogens (primary N) is 1. The molecule has 14 nitrogen and oxygen atoms in total. The third kappa shape index (κ3) is 6.47. The van der Waals surface area contributed by atoms with Crippen LogP contribution in [0.4, 0.5) is 5.13 Å². The number of oxime groups is 1. The van der Waals surface area contributed by atoms with Gasteiger partial charge in [-0.15, -0.1) is 11.8 Å². The monoisotopic (exact) mass is 644 g/mol. The maximum atomic E-state index is 13.8. The van der Waals surface area contributed by atoms with Crippen molar-refractivity contribution in [3.8, 4) is 0 Å². The maximum Gasteiger partial charge on any atom is 0.359 e. The fraction of sp³-hybridized carbons (Fsp3) is 0.231. The van der Waals surface area contributed by atoms with Gasteiger partial charge in [0.1, 0.15) is 18.5 Å². The fourth-order valence-corrected chi connectivity index (χ4v) is 6.66. The summed E-state index contributed by atoms with van der Waals surface area (Å²) in [6.45, 7) is 0. The summed E-state index contributed by atoms with van der Waals surface area (Å²) in [7, 11) is -2.85. The zero-order valence-corrected chi connectivity index (χ0v) is 25.0. The first kappa shape index (κ1) is 30.0. The summed E-state index contributed by atoms with van der Waals surface area (Å²) in [4.78, 5) is 50.0. The van der Waals surface area contributed by atoms with E-state index in [9.17, 15) is 22.8 Å². The number of thioether (sulfide) groups is 1. The number of nitrogens with one attached hydrogen (secondary N) is 1. The van der Waals surface area contributed by atoms with Gasteiger partial charge < -0.3 is 24.8 Å². The Hall–Kier alpha value is -4.48. The number of aromatic nitrogens is 2. The average molecular weight is 645 g/mol.